The van der Waals surface area contributed by atoms with Crippen molar-refractivity contribution in [3.05, 3.63) is 0 Å². The Hall–Kier alpha value is -0.160. The molecule has 46 heavy (non-hydrogen) atoms. The Balaban J connectivity index is 1.88. The molecule has 0 radical (unpaired) electrons. The largest absolute Gasteiger partial charge is 0.312 e. The van der Waals surface area contributed by atoms with E-state index < -0.39 is 0 Å². The minimum atomic E-state index is 0.140. The van der Waals surface area contributed by atoms with Crippen molar-refractivity contribution in [1.82, 2.24) is 20.4 Å². The molecule has 0 aromatic carbocycles. The van der Waals surface area contributed by atoms with Gasteiger partial charge in [0, 0.05) is 44.3 Å². The van der Waals surface area contributed by atoms with Crippen molar-refractivity contribution in [2.75, 3.05) is 13.1 Å². The van der Waals surface area contributed by atoms with Crippen molar-refractivity contribution in [1.29, 1.82) is 0 Å². The van der Waals surface area contributed by atoms with E-state index >= 15 is 0 Å². The Kier molecular flexibility index (Phi) is 14.4. The molecular weight excluding hydrogens is 560 g/mol. The maximum Gasteiger partial charge on any atom is 0.0237 e. The van der Waals surface area contributed by atoms with E-state index in [1.807, 2.05) is 0 Å². The van der Waals surface area contributed by atoms with E-state index in [-0.39, 0.29) is 44.3 Å². The highest BCUT2D eigenvalue weighted by molar-refractivity contribution is 5.08. The van der Waals surface area contributed by atoms with Gasteiger partial charge in [-0.15, -0.1) is 0 Å². The molecule has 0 aliphatic heterocycles. The predicted molar refractivity (Wildman–Crippen MR) is 206 cm³/mol. The first-order chi connectivity index (χ1) is 20.8. The Bertz CT molecular complexity index is 775. The average Bonchev–Trinajstić information content (AvgIpc) is 2.82. The molecule has 2 fully saturated rings. The Morgan fingerprint density at radius 3 is 0.891 bits per heavy atom. The van der Waals surface area contributed by atoms with E-state index in [0.29, 0.717) is 0 Å². The van der Waals surface area contributed by atoms with Crippen LogP contribution in [-0.2, 0) is 0 Å². The first kappa shape index (κ1) is 42.0. The van der Waals surface area contributed by atoms with Gasteiger partial charge in [0.25, 0.3) is 0 Å². The second-order valence-electron chi connectivity index (χ2n) is 21.3. The van der Waals surface area contributed by atoms with E-state index in [2.05, 4.69) is 131 Å². The molecule has 0 spiro atoms. The van der Waals surface area contributed by atoms with Gasteiger partial charge in [-0.2, -0.15) is 0 Å². The number of hydrogen-bond donors (Lipinski definition) is 2. The summed E-state index contributed by atoms with van der Waals surface area (Å²) in [6, 6.07) is 0. The van der Waals surface area contributed by atoms with Gasteiger partial charge in [-0.25, -0.2) is 0 Å². The zero-order valence-electron chi connectivity index (χ0n) is 34.6. The fraction of sp³-hybridized carbons (Fsp3) is 1.00. The number of nitrogens with zero attached hydrogens (tertiary/aromatic N) is 2. The van der Waals surface area contributed by atoms with Gasteiger partial charge >= 0.3 is 0 Å². The van der Waals surface area contributed by atoms with Crippen molar-refractivity contribution in [3.8, 4) is 0 Å². The number of unbranched alkanes of at least 4 members (excludes halogenated alkanes) is 3. The molecule has 0 aromatic rings. The molecule has 0 heterocycles. The van der Waals surface area contributed by atoms with Crippen molar-refractivity contribution >= 4 is 0 Å². The van der Waals surface area contributed by atoms with Gasteiger partial charge in [-0.1, -0.05) is 51.4 Å². The first-order valence-electron chi connectivity index (χ1n) is 19.9. The van der Waals surface area contributed by atoms with Crippen LogP contribution >= 0.6 is 0 Å². The van der Waals surface area contributed by atoms with Gasteiger partial charge < -0.3 is 10.6 Å². The molecular formula is C42H86N4. The van der Waals surface area contributed by atoms with E-state index in [1.54, 1.807) is 0 Å². The molecule has 2 aliphatic carbocycles. The average molecular weight is 647 g/mol. The monoisotopic (exact) mass is 647 g/mol. The topological polar surface area (TPSA) is 30.5 Å². The van der Waals surface area contributed by atoms with Crippen LogP contribution in [0.15, 0.2) is 0 Å². The summed E-state index contributed by atoms with van der Waals surface area (Å²) in [7, 11) is 0. The Morgan fingerprint density at radius 1 is 0.391 bits per heavy atom. The van der Waals surface area contributed by atoms with Gasteiger partial charge in [0.1, 0.15) is 0 Å². The van der Waals surface area contributed by atoms with Crippen LogP contribution in [0.5, 0.6) is 0 Å². The molecule has 2 N–H and O–H groups in total. The Morgan fingerprint density at radius 2 is 0.652 bits per heavy atom. The Labute approximate surface area is 290 Å². The quantitative estimate of drug-likeness (QED) is 0.173. The van der Waals surface area contributed by atoms with Gasteiger partial charge in [0.2, 0.25) is 0 Å². The minimum Gasteiger partial charge on any atom is -0.312 e. The standard InChI is InChI=1S/C42H86N4/c1-35(2,3)45(36(4,5)6)41(27-21-19-22-28-41)33-39(13,14)43-31-25-17-18-26-32-44-40(15,16)34-42(29-23-20-24-30-42)46(37(7,8)9)38(10,11)12/h43-44H,17-34H2,1-16H3. The molecule has 274 valence electrons. The third-order valence-corrected chi connectivity index (χ3v) is 11.1. The molecule has 0 bridgehead atoms. The molecule has 2 aliphatic rings. The maximum absolute atomic E-state index is 4.04. The molecule has 4 nitrogen and oxygen atoms in total. The van der Waals surface area contributed by atoms with E-state index in [1.165, 1.54) is 103 Å². The van der Waals surface area contributed by atoms with Crippen LogP contribution in [0.3, 0.4) is 0 Å². The zero-order chi connectivity index (χ0) is 35.3. The molecule has 2 saturated carbocycles. The highest BCUT2D eigenvalue weighted by Gasteiger charge is 2.51. The summed E-state index contributed by atoms with van der Waals surface area (Å²) >= 11 is 0. The second kappa shape index (κ2) is 15.8. The lowest BCUT2D eigenvalue weighted by atomic mass is 9.69. The first-order valence-corrected chi connectivity index (χ1v) is 19.9. The van der Waals surface area contributed by atoms with E-state index in [0.717, 1.165) is 13.1 Å². The number of hydrogen-bond acceptors (Lipinski definition) is 4. The SMILES string of the molecule is CC(C)(CC1(N(C(C)(C)C)C(C)(C)C)CCCCC1)NCCCCCCNC(C)(C)CC1(N(C(C)(C)C)C(C)(C)C)CCCCC1. The van der Waals surface area contributed by atoms with Crippen LogP contribution in [0.4, 0.5) is 0 Å². The van der Waals surface area contributed by atoms with Crippen molar-refractivity contribution in [3.63, 3.8) is 0 Å². The minimum absolute atomic E-state index is 0.140. The predicted octanol–water partition coefficient (Wildman–Crippen LogP) is 11.3. The van der Waals surface area contributed by atoms with Crippen LogP contribution < -0.4 is 10.6 Å². The molecule has 0 saturated heterocycles. The number of nitrogens with one attached hydrogen (secondary N) is 2. The van der Waals surface area contributed by atoms with Gasteiger partial charge in [-0.3, -0.25) is 9.80 Å². The van der Waals surface area contributed by atoms with Crippen LogP contribution in [0.1, 0.15) is 214 Å². The van der Waals surface area contributed by atoms with Crippen LogP contribution in [0, 0.1) is 0 Å². The molecule has 0 atom stereocenters. The van der Waals surface area contributed by atoms with E-state index in [4.69, 9.17) is 0 Å². The maximum atomic E-state index is 4.04. The fourth-order valence-electron chi connectivity index (χ4n) is 11.5. The summed E-state index contributed by atoms with van der Waals surface area (Å²) in [5, 5.41) is 8.08. The molecule has 4 heteroatoms. The summed E-state index contributed by atoms with van der Waals surface area (Å²) in [4.78, 5) is 5.81. The highest BCUT2D eigenvalue weighted by Crippen LogP contribution is 2.48. The smallest absolute Gasteiger partial charge is 0.0237 e. The van der Waals surface area contributed by atoms with E-state index in [9.17, 15) is 0 Å². The summed E-state index contributed by atoms with van der Waals surface area (Å²) in [6.07, 6.45) is 21.3. The summed E-state index contributed by atoms with van der Waals surface area (Å²) in [6.45, 7) is 41.4. The highest BCUT2D eigenvalue weighted by atomic mass is 15.3. The van der Waals surface area contributed by atoms with Crippen LogP contribution in [0.25, 0.3) is 0 Å². The summed E-state index contributed by atoms with van der Waals surface area (Å²) in [5.41, 5.74) is 1.45. The van der Waals surface area contributed by atoms with Crippen molar-refractivity contribution < 1.29 is 0 Å². The third-order valence-electron chi connectivity index (χ3n) is 11.1. The van der Waals surface area contributed by atoms with Crippen LogP contribution in [0.2, 0.25) is 0 Å². The van der Waals surface area contributed by atoms with Gasteiger partial charge in [-0.05, 0) is 175 Å². The zero-order valence-corrected chi connectivity index (χ0v) is 34.6. The number of rotatable bonds is 15. The normalized spacial score (nSPS) is 20.5. The van der Waals surface area contributed by atoms with Crippen molar-refractivity contribution in [2.24, 2.45) is 0 Å². The van der Waals surface area contributed by atoms with Gasteiger partial charge in [0.05, 0.1) is 0 Å². The molecule has 0 amide bonds. The lowest BCUT2D eigenvalue weighted by Crippen LogP contribution is -2.67. The molecule has 2 rings (SSSR count). The van der Waals surface area contributed by atoms with Gasteiger partial charge in [0.15, 0.2) is 0 Å². The molecule has 0 unspecified atom stereocenters. The third kappa shape index (κ3) is 12.3. The molecule has 0 aromatic heterocycles. The lowest BCUT2D eigenvalue weighted by Gasteiger charge is -2.60. The van der Waals surface area contributed by atoms with Crippen LogP contribution in [-0.4, -0.2) is 67.2 Å². The fourth-order valence-corrected chi connectivity index (χ4v) is 11.5. The second-order valence-corrected chi connectivity index (χ2v) is 21.3. The summed E-state index contributed by atoms with van der Waals surface area (Å²) in [5.74, 6) is 0. The summed E-state index contributed by atoms with van der Waals surface area (Å²) < 4.78 is 0. The lowest BCUT2D eigenvalue weighted by molar-refractivity contribution is -0.0972. The van der Waals surface area contributed by atoms with Crippen molar-refractivity contribution in [2.45, 2.75) is 258 Å².